The molecule has 0 saturated heterocycles. The number of primary amides is 1. The fourth-order valence-corrected chi connectivity index (χ4v) is 1.13. The van der Waals surface area contributed by atoms with Crippen molar-refractivity contribution in [3.63, 3.8) is 0 Å². The molecule has 15 heavy (non-hydrogen) atoms. The molecule has 0 saturated carbocycles. The third-order valence-corrected chi connectivity index (χ3v) is 2.25. The maximum Gasteiger partial charge on any atom is 0.248 e. The molecule has 0 heterocycles. The average Bonchev–Trinajstić information content (AvgIpc) is 2.18. The van der Waals surface area contributed by atoms with Crippen LogP contribution in [0, 0.1) is 0 Å². The van der Waals surface area contributed by atoms with Crippen molar-refractivity contribution in [3.8, 4) is 0 Å². The normalized spacial score (nSPS) is 13.7. The van der Waals surface area contributed by atoms with E-state index in [2.05, 4.69) is 0 Å². The van der Waals surface area contributed by atoms with Gasteiger partial charge in [-0.15, -0.1) is 0 Å². The number of aliphatic hydroxyl groups excluding tert-OH is 1. The number of hydrogen-bond acceptors (Lipinski definition) is 2. The number of carbonyl (C=O) groups excluding carboxylic acids is 1. The number of aliphatic hydroxyl groups is 1. The third-order valence-electron chi connectivity index (χ3n) is 2.25. The standard InChI is InChI=1S/C12H15NO2/c1-8(9(2)14)7-10-3-5-11(6-4-10)12(13)15/h3-7,9,14H,1-2H3,(H2,13,15)/b8-7+. The minimum absolute atomic E-state index is 0.433. The predicted molar refractivity (Wildman–Crippen MR) is 60.3 cm³/mol. The number of hydrogen-bond donors (Lipinski definition) is 2. The van der Waals surface area contributed by atoms with Crippen LogP contribution in [0.5, 0.6) is 0 Å². The molecule has 80 valence electrons. The van der Waals surface area contributed by atoms with E-state index in [1.54, 1.807) is 31.2 Å². The molecule has 1 aromatic carbocycles. The lowest BCUT2D eigenvalue weighted by Gasteiger charge is -2.04. The van der Waals surface area contributed by atoms with Gasteiger partial charge in [-0.25, -0.2) is 0 Å². The van der Waals surface area contributed by atoms with Crippen molar-refractivity contribution in [3.05, 3.63) is 41.0 Å². The smallest absolute Gasteiger partial charge is 0.248 e. The molecule has 1 atom stereocenters. The largest absolute Gasteiger partial charge is 0.389 e. The van der Waals surface area contributed by atoms with Gasteiger partial charge in [0.25, 0.3) is 0 Å². The van der Waals surface area contributed by atoms with Crippen LogP contribution in [0.2, 0.25) is 0 Å². The van der Waals surface area contributed by atoms with Crippen molar-refractivity contribution in [2.45, 2.75) is 20.0 Å². The van der Waals surface area contributed by atoms with Crippen LogP contribution < -0.4 is 5.73 Å². The second-order valence-electron chi connectivity index (χ2n) is 3.55. The van der Waals surface area contributed by atoms with Gasteiger partial charge in [0.1, 0.15) is 0 Å². The molecule has 0 aliphatic carbocycles. The van der Waals surface area contributed by atoms with Crippen LogP contribution in [0.15, 0.2) is 29.8 Å². The van der Waals surface area contributed by atoms with Crippen molar-refractivity contribution in [1.29, 1.82) is 0 Å². The van der Waals surface area contributed by atoms with E-state index in [1.165, 1.54) is 0 Å². The highest BCUT2D eigenvalue weighted by Gasteiger charge is 2.00. The fraction of sp³-hybridized carbons (Fsp3) is 0.250. The second kappa shape index (κ2) is 4.75. The van der Waals surface area contributed by atoms with E-state index in [9.17, 15) is 9.90 Å². The summed E-state index contributed by atoms with van der Waals surface area (Å²) < 4.78 is 0. The molecular weight excluding hydrogens is 190 g/mol. The maximum absolute atomic E-state index is 10.8. The Bertz CT molecular complexity index is 377. The quantitative estimate of drug-likeness (QED) is 0.786. The Balaban J connectivity index is 2.90. The summed E-state index contributed by atoms with van der Waals surface area (Å²) in [6.45, 7) is 3.57. The van der Waals surface area contributed by atoms with Crippen molar-refractivity contribution in [1.82, 2.24) is 0 Å². The van der Waals surface area contributed by atoms with E-state index in [0.29, 0.717) is 5.56 Å². The summed E-state index contributed by atoms with van der Waals surface area (Å²) in [6, 6.07) is 6.94. The van der Waals surface area contributed by atoms with Crippen molar-refractivity contribution >= 4 is 12.0 Å². The SMILES string of the molecule is C/C(=C\c1ccc(C(N)=O)cc1)C(C)O. The Morgan fingerprint density at radius 2 is 1.93 bits per heavy atom. The van der Waals surface area contributed by atoms with Gasteiger partial charge in [-0.2, -0.15) is 0 Å². The molecule has 0 aliphatic heterocycles. The van der Waals surface area contributed by atoms with Gasteiger partial charge in [0.05, 0.1) is 6.10 Å². The number of amides is 1. The van der Waals surface area contributed by atoms with Crippen LogP contribution in [0.25, 0.3) is 6.08 Å². The molecule has 0 aromatic heterocycles. The first kappa shape index (κ1) is 11.5. The lowest BCUT2D eigenvalue weighted by molar-refractivity contribution is 0.100. The van der Waals surface area contributed by atoms with Crippen molar-refractivity contribution in [2.75, 3.05) is 0 Å². The molecule has 3 N–H and O–H groups in total. The fourth-order valence-electron chi connectivity index (χ4n) is 1.13. The first-order chi connectivity index (χ1) is 7.00. The molecule has 1 amide bonds. The molecule has 0 bridgehead atoms. The lowest BCUT2D eigenvalue weighted by Crippen LogP contribution is -2.10. The zero-order chi connectivity index (χ0) is 11.4. The summed E-state index contributed by atoms with van der Waals surface area (Å²) in [5.41, 5.74) is 7.43. The molecular formula is C12H15NO2. The number of benzene rings is 1. The van der Waals surface area contributed by atoms with Crippen LogP contribution >= 0.6 is 0 Å². The number of carbonyl (C=O) groups is 1. The van der Waals surface area contributed by atoms with E-state index in [1.807, 2.05) is 13.0 Å². The van der Waals surface area contributed by atoms with Gasteiger partial charge in [0.2, 0.25) is 5.91 Å². The van der Waals surface area contributed by atoms with Crippen LogP contribution in [-0.2, 0) is 0 Å². The summed E-state index contributed by atoms with van der Waals surface area (Å²) in [6.07, 6.45) is 1.41. The summed E-state index contributed by atoms with van der Waals surface area (Å²) >= 11 is 0. The maximum atomic E-state index is 10.8. The van der Waals surface area contributed by atoms with Crippen molar-refractivity contribution in [2.24, 2.45) is 5.73 Å². The second-order valence-corrected chi connectivity index (χ2v) is 3.55. The minimum Gasteiger partial charge on any atom is -0.389 e. The van der Waals surface area contributed by atoms with Crippen LogP contribution in [0.4, 0.5) is 0 Å². The van der Waals surface area contributed by atoms with E-state index in [0.717, 1.165) is 11.1 Å². The van der Waals surface area contributed by atoms with Gasteiger partial charge >= 0.3 is 0 Å². The first-order valence-corrected chi connectivity index (χ1v) is 4.77. The molecule has 1 aromatic rings. The molecule has 0 spiro atoms. The Hall–Kier alpha value is -1.61. The van der Waals surface area contributed by atoms with Crippen LogP contribution in [-0.4, -0.2) is 17.1 Å². The highest BCUT2D eigenvalue weighted by molar-refractivity contribution is 5.92. The summed E-state index contributed by atoms with van der Waals surface area (Å²) in [7, 11) is 0. The minimum atomic E-state index is -0.458. The van der Waals surface area contributed by atoms with Gasteiger partial charge in [-0.1, -0.05) is 18.2 Å². The zero-order valence-electron chi connectivity index (χ0n) is 8.90. The van der Waals surface area contributed by atoms with Gasteiger partial charge in [0, 0.05) is 5.56 Å². The monoisotopic (exact) mass is 205 g/mol. The van der Waals surface area contributed by atoms with Gasteiger partial charge in [-0.05, 0) is 37.1 Å². The highest BCUT2D eigenvalue weighted by Crippen LogP contribution is 2.10. The topological polar surface area (TPSA) is 63.3 Å². The number of rotatable bonds is 3. The van der Waals surface area contributed by atoms with Gasteiger partial charge in [-0.3, -0.25) is 4.79 Å². The van der Waals surface area contributed by atoms with Crippen LogP contribution in [0.1, 0.15) is 29.8 Å². The molecule has 1 rings (SSSR count). The molecule has 0 aliphatic rings. The van der Waals surface area contributed by atoms with Crippen LogP contribution in [0.3, 0.4) is 0 Å². The molecule has 3 heteroatoms. The van der Waals surface area contributed by atoms with E-state index < -0.39 is 12.0 Å². The average molecular weight is 205 g/mol. The summed E-state index contributed by atoms with van der Waals surface area (Å²) in [5.74, 6) is -0.433. The van der Waals surface area contributed by atoms with Crippen molar-refractivity contribution < 1.29 is 9.90 Å². The Labute approximate surface area is 89.2 Å². The van der Waals surface area contributed by atoms with E-state index in [4.69, 9.17) is 5.73 Å². The number of nitrogens with two attached hydrogens (primary N) is 1. The zero-order valence-corrected chi connectivity index (χ0v) is 8.90. The first-order valence-electron chi connectivity index (χ1n) is 4.77. The predicted octanol–water partition coefficient (Wildman–Crippen LogP) is 1.57. The lowest BCUT2D eigenvalue weighted by atomic mass is 10.1. The summed E-state index contributed by atoms with van der Waals surface area (Å²) in [4.78, 5) is 10.8. The molecule has 1 unspecified atom stereocenters. The molecule has 3 nitrogen and oxygen atoms in total. The van der Waals surface area contributed by atoms with E-state index >= 15 is 0 Å². The third kappa shape index (κ3) is 3.22. The van der Waals surface area contributed by atoms with Gasteiger partial charge < -0.3 is 10.8 Å². The van der Waals surface area contributed by atoms with E-state index in [-0.39, 0.29) is 0 Å². The Morgan fingerprint density at radius 1 is 1.40 bits per heavy atom. The Morgan fingerprint density at radius 3 is 2.33 bits per heavy atom. The molecule has 0 fully saturated rings. The highest BCUT2D eigenvalue weighted by atomic mass is 16.3. The summed E-state index contributed by atoms with van der Waals surface area (Å²) in [5, 5.41) is 9.28. The Kier molecular flexibility index (Phi) is 3.63. The molecule has 0 radical (unpaired) electrons. The van der Waals surface area contributed by atoms with Gasteiger partial charge in [0.15, 0.2) is 0 Å².